The summed E-state index contributed by atoms with van der Waals surface area (Å²) in [6.07, 6.45) is 0. The topological polar surface area (TPSA) is 55.1 Å². The van der Waals surface area contributed by atoms with Gasteiger partial charge >= 0.3 is 0 Å². The maximum Gasteiger partial charge on any atom is 0.255 e. The maximum atomic E-state index is 12.1. The first-order valence-corrected chi connectivity index (χ1v) is 7.47. The fourth-order valence-electron chi connectivity index (χ4n) is 1.69. The van der Waals surface area contributed by atoms with Gasteiger partial charge in [0, 0.05) is 13.6 Å². The largest absolute Gasteiger partial charge is 0.397 e. The first kappa shape index (κ1) is 14.3. The first-order valence-electron chi connectivity index (χ1n) is 5.60. The van der Waals surface area contributed by atoms with Gasteiger partial charge < -0.3 is 11.1 Å². The number of amides is 1. The van der Waals surface area contributed by atoms with Crippen molar-refractivity contribution < 1.29 is 4.79 Å². The number of benzene rings is 2. The summed E-state index contributed by atoms with van der Waals surface area (Å²) in [4.78, 5) is 12.1. The van der Waals surface area contributed by atoms with Crippen LogP contribution in [-0.2, 0) is 0 Å². The Morgan fingerprint density at radius 3 is 2.47 bits per heavy atom. The molecule has 0 spiro atoms. The monoisotopic (exact) mass is 430 g/mol. The highest BCUT2D eigenvalue weighted by atomic mass is 127. The second-order valence-corrected chi connectivity index (χ2v) is 6.27. The number of aryl methyl sites for hydroxylation is 1. The van der Waals surface area contributed by atoms with Crippen molar-refractivity contribution in [3.63, 3.8) is 0 Å². The molecule has 2 aromatic carbocycles. The number of hydrogen-bond acceptors (Lipinski definition) is 2. The number of nitrogen functional groups attached to an aromatic ring is 1. The van der Waals surface area contributed by atoms with Crippen LogP contribution in [0, 0.1) is 10.5 Å². The average Bonchev–Trinajstić information content (AvgIpc) is 2.34. The Kier molecular flexibility index (Phi) is 4.46. The molecule has 98 valence electrons. The zero-order chi connectivity index (χ0) is 14.0. The summed E-state index contributed by atoms with van der Waals surface area (Å²) in [6, 6.07) is 11.1. The van der Waals surface area contributed by atoms with Crippen molar-refractivity contribution in [2.75, 3.05) is 11.1 Å². The van der Waals surface area contributed by atoms with Crippen LogP contribution in [0.1, 0.15) is 15.9 Å². The molecule has 0 aromatic heterocycles. The molecule has 0 fully saturated rings. The Morgan fingerprint density at radius 2 is 1.89 bits per heavy atom. The molecule has 1 amide bonds. The Morgan fingerprint density at radius 1 is 1.26 bits per heavy atom. The van der Waals surface area contributed by atoms with E-state index >= 15 is 0 Å². The Balaban J connectivity index is 2.26. The maximum absolute atomic E-state index is 12.1. The van der Waals surface area contributed by atoms with E-state index in [9.17, 15) is 4.79 Å². The molecule has 0 aliphatic carbocycles. The molecule has 0 bridgehead atoms. The highest BCUT2D eigenvalue weighted by Gasteiger charge is 2.11. The number of anilines is 2. The number of halogens is 2. The van der Waals surface area contributed by atoms with E-state index in [1.54, 1.807) is 12.1 Å². The summed E-state index contributed by atoms with van der Waals surface area (Å²) in [5.41, 5.74) is 8.72. The number of nitrogens with one attached hydrogen (secondary N) is 1. The van der Waals surface area contributed by atoms with Crippen molar-refractivity contribution in [1.29, 1.82) is 0 Å². The van der Waals surface area contributed by atoms with Gasteiger partial charge in [-0.3, -0.25) is 4.79 Å². The Labute approximate surface area is 133 Å². The molecule has 0 heterocycles. The minimum Gasteiger partial charge on any atom is -0.397 e. The van der Waals surface area contributed by atoms with Gasteiger partial charge in [0.2, 0.25) is 0 Å². The standard InChI is InChI=1S/C14H12BrIN2O/c1-8-6-11(15)13(12(17)7-8)18-14(19)9-2-4-10(16)5-3-9/h2-7H,17H2,1H3,(H,18,19). The molecule has 0 atom stereocenters. The number of carbonyl (C=O) groups is 1. The van der Waals surface area contributed by atoms with Gasteiger partial charge in [0.15, 0.2) is 0 Å². The molecule has 0 aliphatic heterocycles. The van der Waals surface area contributed by atoms with Crippen molar-refractivity contribution >= 4 is 55.8 Å². The van der Waals surface area contributed by atoms with E-state index in [-0.39, 0.29) is 5.91 Å². The molecular weight excluding hydrogens is 419 g/mol. The second-order valence-electron chi connectivity index (χ2n) is 4.17. The van der Waals surface area contributed by atoms with Gasteiger partial charge in [0.05, 0.1) is 11.4 Å². The van der Waals surface area contributed by atoms with E-state index in [4.69, 9.17) is 5.73 Å². The highest BCUT2D eigenvalue weighted by Crippen LogP contribution is 2.30. The van der Waals surface area contributed by atoms with Crippen molar-refractivity contribution in [3.05, 3.63) is 55.6 Å². The van der Waals surface area contributed by atoms with Gasteiger partial charge in [-0.15, -0.1) is 0 Å². The molecule has 0 aliphatic rings. The minimum atomic E-state index is -0.173. The second kappa shape index (κ2) is 5.92. The van der Waals surface area contributed by atoms with Gasteiger partial charge in [-0.2, -0.15) is 0 Å². The van der Waals surface area contributed by atoms with Gasteiger partial charge in [-0.1, -0.05) is 0 Å². The lowest BCUT2D eigenvalue weighted by atomic mass is 10.1. The SMILES string of the molecule is Cc1cc(N)c(NC(=O)c2ccc(I)cc2)c(Br)c1. The third-order valence-electron chi connectivity index (χ3n) is 2.61. The van der Waals surface area contributed by atoms with E-state index in [2.05, 4.69) is 43.8 Å². The van der Waals surface area contributed by atoms with E-state index < -0.39 is 0 Å². The van der Waals surface area contributed by atoms with E-state index in [0.717, 1.165) is 13.6 Å². The van der Waals surface area contributed by atoms with Gasteiger partial charge in [-0.05, 0) is 87.4 Å². The van der Waals surface area contributed by atoms with Crippen LogP contribution >= 0.6 is 38.5 Å². The smallest absolute Gasteiger partial charge is 0.255 e. The van der Waals surface area contributed by atoms with Crippen LogP contribution in [0.2, 0.25) is 0 Å². The summed E-state index contributed by atoms with van der Waals surface area (Å²) < 4.78 is 1.87. The molecule has 19 heavy (non-hydrogen) atoms. The van der Waals surface area contributed by atoms with Gasteiger partial charge in [-0.25, -0.2) is 0 Å². The van der Waals surface area contributed by atoms with Crippen molar-refractivity contribution in [2.24, 2.45) is 0 Å². The molecule has 2 rings (SSSR count). The number of hydrogen-bond donors (Lipinski definition) is 2. The van der Waals surface area contributed by atoms with Crippen LogP contribution < -0.4 is 11.1 Å². The predicted molar refractivity (Wildman–Crippen MR) is 90.4 cm³/mol. The predicted octanol–water partition coefficient (Wildman–Crippen LogP) is 4.20. The fraction of sp³-hybridized carbons (Fsp3) is 0.0714. The van der Waals surface area contributed by atoms with Gasteiger partial charge in [0.1, 0.15) is 0 Å². The molecular formula is C14H12BrIN2O. The zero-order valence-electron chi connectivity index (χ0n) is 10.2. The van der Waals surface area contributed by atoms with Crippen LogP contribution in [0.25, 0.3) is 0 Å². The lowest BCUT2D eigenvalue weighted by molar-refractivity contribution is 0.102. The quantitative estimate of drug-likeness (QED) is 0.554. The first-order chi connectivity index (χ1) is 8.97. The van der Waals surface area contributed by atoms with Crippen LogP contribution in [0.15, 0.2) is 40.9 Å². The normalized spacial score (nSPS) is 10.3. The number of carbonyl (C=O) groups excluding carboxylic acids is 1. The average molecular weight is 431 g/mol. The third kappa shape index (κ3) is 3.48. The van der Waals surface area contributed by atoms with E-state index in [1.165, 1.54) is 0 Å². The minimum absolute atomic E-state index is 0.173. The summed E-state index contributed by atoms with van der Waals surface area (Å²) in [6.45, 7) is 1.95. The Hall–Kier alpha value is -1.08. The molecule has 5 heteroatoms. The van der Waals surface area contributed by atoms with Crippen LogP contribution in [0.4, 0.5) is 11.4 Å². The van der Waals surface area contributed by atoms with Crippen LogP contribution in [0.5, 0.6) is 0 Å². The van der Waals surface area contributed by atoms with E-state index in [0.29, 0.717) is 16.9 Å². The molecule has 0 saturated carbocycles. The molecule has 0 unspecified atom stereocenters. The molecule has 3 nitrogen and oxygen atoms in total. The molecule has 0 saturated heterocycles. The number of nitrogens with two attached hydrogens (primary N) is 1. The zero-order valence-corrected chi connectivity index (χ0v) is 13.9. The summed E-state index contributed by atoms with van der Waals surface area (Å²) in [7, 11) is 0. The Bertz CT molecular complexity index is 603. The highest BCUT2D eigenvalue weighted by molar-refractivity contribution is 14.1. The van der Waals surface area contributed by atoms with Crippen molar-refractivity contribution in [3.8, 4) is 0 Å². The number of rotatable bonds is 2. The van der Waals surface area contributed by atoms with Crippen molar-refractivity contribution in [2.45, 2.75) is 6.92 Å². The van der Waals surface area contributed by atoms with Crippen molar-refractivity contribution in [1.82, 2.24) is 0 Å². The third-order valence-corrected chi connectivity index (χ3v) is 3.95. The lowest BCUT2D eigenvalue weighted by Crippen LogP contribution is -2.13. The summed E-state index contributed by atoms with van der Waals surface area (Å²) in [5.74, 6) is -0.173. The molecule has 3 N–H and O–H groups in total. The molecule has 2 aromatic rings. The lowest BCUT2D eigenvalue weighted by Gasteiger charge is -2.11. The summed E-state index contributed by atoms with van der Waals surface area (Å²) >= 11 is 5.61. The van der Waals surface area contributed by atoms with Gasteiger partial charge in [0.25, 0.3) is 5.91 Å². The van der Waals surface area contributed by atoms with Crippen LogP contribution in [-0.4, -0.2) is 5.91 Å². The molecule has 0 radical (unpaired) electrons. The van der Waals surface area contributed by atoms with Crippen LogP contribution in [0.3, 0.4) is 0 Å². The summed E-state index contributed by atoms with van der Waals surface area (Å²) in [5, 5.41) is 2.83. The fourth-order valence-corrected chi connectivity index (χ4v) is 2.74. The van der Waals surface area contributed by atoms with E-state index in [1.807, 2.05) is 31.2 Å².